The van der Waals surface area contributed by atoms with E-state index in [0.29, 0.717) is 6.54 Å². The molecule has 0 aliphatic carbocycles. The summed E-state index contributed by atoms with van der Waals surface area (Å²) in [6.45, 7) is 2.46. The van der Waals surface area contributed by atoms with E-state index in [-0.39, 0.29) is 11.8 Å². The molecule has 3 N–H and O–H groups in total. The number of hydrogen-bond acceptors (Lipinski definition) is 2. The summed E-state index contributed by atoms with van der Waals surface area (Å²) in [5, 5.41) is 2.90. The Bertz CT molecular complexity index is 374. The Morgan fingerprint density at radius 1 is 1.50 bits per heavy atom. The topological polar surface area (TPSA) is 55.1 Å². The number of fused-ring (bicyclic) bond motifs is 1. The number of nitrogens with two attached hydrogens (primary N) is 1. The van der Waals surface area contributed by atoms with Gasteiger partial charge in [-0.1, -0.05) is 25.1 Å². The van der Waals surface area contributed by atoms with Crippen molar-refractivity contribution in [2.75, 3.05) is 11.9 Å². The molecule has 2 rings (SSSR count). The van der Waals surface area contributed by atoms with Gasteiger partial charge in [-0.25, -0.2) is 0 Å². The van der Waals surface area contributed by atoms with Crippen LogP contribution in [0.25, 0.3) is 0 Å². The number of carbonyl (C=O) groups is 1. The molecule has 0 bridgehead atoms. The summed E-state index contributed by atoms with van der Waals surface area (Å²) in [7, 11) is 0. The third kappa shape index (κ3) is 1.21. The molecule has 0 aromatic heterocycles. The van der Waals surface area contributed by atoms with Gasteiger partial charge in [-0.15, -0.1) is 0 Å². The molecule has 0 saturated heterocycles. The highest BCUT2D eigenvalue weighted by atomic mass is 16.2. The van der Waals surface area contributed by atoms with Crippen molar-refractivity contribution < 1.29 is 4.79 Å². The lowest BCUT2D eigenvalue weighted by Crippen LogP contribution is -2.20. The molecule has 0 saturated carbocycles. The first-order chi connectivity index (χ1) is 6.77. The van der Waals surface area contributed by atoms with Crippen molar-refractivity contribution >= 4 is 11.6 Å². The molecule has 1 aromatic rings. The van der Waals surface area contributed by atoms with Crippen LogP contribution in [0.1, 0.15) is 24.0 Å². The van der Waals surface area contributed by atoms with Gasteiger partial charge in [0, 0.05) is 12.2 Å². The van der Waals surface area contributed by atoms with Crippen molar-refractivity contribution in [3.8, 4) is 0 Å². The zero-order chi connectivity index (χ0) is 10.1. The first-order valence-electron chi connectivity index (χ1n) is 4.90. The molecule has 1 heterocycles. The molecule has 1 aliphatic rings. The Morgan fingerprint density at radius 3 is 2.93 bits per heavy atom. The van der Waals surface area contributed by atoms with Crippen LogP contribution < -0.4 is 11.1 Å². The van der Waals surface area contributed by atoms with Crippen LogP contribution in [-0.2, 0) is 11.2 Å². The van der Waals surface area contributed by atoms with Crippen LogP contribution in [0.5, 0.6) is 0 Å². The number of benzene rings is 1. The van der Waals surface area contributed by atoms with Crippen molar-refractivity contribution in [2.45, 2.75) is 19.3 Å². The van der Waals surface area contributed by atoms with E-state index in [9.17, 15) is 4.79 Å². The fourth-order valence-electron chi connectivity index (χ4n) is 1.94. The predicted molar refractivity (Wildman–Crippen MR) is 56.2 cm³/mol. The summed E-state index contributed by atoms with van der Waals surface area (Å²) in [6.07, 6.45) is 0.931. The fraction of sp³-hybridized carbons (Fsp3) is 0.364. The molecule has 0 fully saturated rings. The second kappa shape index (κ2) is 3.42. The van der Waals surface area contributed by atoms with Gasteiger partial charge in [0.2, 0.25) is 5.91 Å². The number of anilines is 1. The van der Waals surface area contributed by atoms with E-state index in [1.54, 1.807) is 0 Å². The SMILES string of the molecule is CCc1cccc2c1NC(=O)C2CN. The highest BCUT2D eigenvalue weighted by Crippen LogP contribution is 2.34. The number of amides is 1. The normalized spacial score (nSPS) is 19.3. The smallest absolute Gasteiger partial charge is 0.233 e. The summed E-state index contributed by atoms with van der Waals surface area (Å²) < 4.78 is 0. The lowest BCUT2D eigenvalue weighted by Gasteiger charge is -2.06. The molecule has 0 radical (unpaired) electrons. The van der Waals surface area contributed by atoms with Gasteiger partial charge in [-0.3, -0.25) is 4.79 Å². The Labute approximate surface area is 83.3 Å². The standard InChI is InChI=1S/C11H14N2O/c1-2-7-4-3-5-8-9(6-12)11(14)13-10(7)8/h3-5,9H,2,6,12H2,1H3,(H,13,14). The fourth-order valence-corrected chi connectivity index (χ4v) is 1.94. The van der Waals surface area contributed by atoms with Crippen LogP contribution in [0.3, 0.4) is 0 Å². The molecule has 1 aromatic carbocycles. The zero-order valence-corrected chi connectivity index (χ0v) is 8.21. The maximum Gasteiger partial charge on any atom is 0.233 e. The number of carbonyl (C=O) groups excluding carboxylic acids is 1. The first kappa shape index (κ1) is 9.21. The van der Waals surface area contributed by atoms with Crippen LogP contribution in [0.15, 0.2) is 18.2 Å². The summed E-state index contributed by atoms with van der Waals surface area (Å²) >= 11 is 0. The Morgan fingerprint density at radius 2 is 2.29 bits per heavy atom. The Hall–Kier alpha value is -1.35. The molecule has 1 aliphatic heterocycles. The average Bonchev–Trinajstić information content (AvgIpc) is 2.52. The summed E-state index contributed by atoms with van der Waals surface area (Å²) in [5.41, 5.74) is 8.79. The third-order valence-electron chi connectivity index (χ3n) is 2.74. The van der Waals surface area contributed by atoms with Crippen molar-refractivity contribution in [3.05, 3.63) is 29.3 Å². The van der Waals surface area contributed by atoms with E-state index >= 15 is 0 Å². The number of aryl methyl sites for hydroxylation is 1. The van der Waals surface area contributed by atoms with E-state index in [1.165, 1.54) is 5.56 Å². The summed E-state index contributed by atoms with van der Waals surface area (Å²) in [4.78, 5) is 11.5. The van der Waals surface area contributed by atoms with E-state index in [2.05, 4.69) is 12.2 Å². The van der Waals surface area contributed by atoms with Gasteiger partial charge in [0.15, 0.2) is 0 Å². The van der Waals surface area contributed by atoms with Gasteiger partial charge in [0.1, 0.15) is 0 Å². The summed E-state index contributed by atoms with van der Waals surface area (Å²) in [6, 6.07) is 6.00. The van der Waals surface area contributed by atoms with Gasteiger partial charge in [-0.2, -0.15) is 0 Å². The Kier molecular flexibility index (Phi) is 2.25. The molecule has 3 heteroatoms. The van der Waals surface area contributed by atoms with E-state index < -0.39 is 0 Å². The molecule has 1 atom stereocenters. The molecule has 3 nitrogen and oxygen atoms in total. The lowest BCUT2D eigenvalue weighted by molar-refractivity contribution is -0.116. The maximum absolute atomic E-state index is 11.5. The van der Waals surface area contributed by atoms with Crippen LogP contribution in [0, 0.1) is 0 Å². The monoisotopic (exact) mass is 190 g/mol. The van der Waals surface area contributed by atoms with Crippen LogP contribution in [-0.4, -0.2) is 12.5 Å². The predicted octanol–water partition coefficient (Wildman–Crippen LogP) is 1.24. The molecular formula is C11H14N2O. The third-order valence-corrected chi connectivity index (χ3v) is 2.74. The van der Waals surface area contributed by atoms with Gasteiger partial charge < -0.3 is 11.1 Å². The van der Waals surface area contributed by atoms with Crippen molar-refractivity contribution in [3.63, 3.8) is 0 Å². The van der Waals surface area contributed by atoms with E-state index in [1.807, 2.05) is 18.2 Å². The number of para-hydroxylation sites is 1. The molecular weight excluding hydrogens is 176 g/mol. The Balaban J connectivity index is 2.51. The van der Waals surface area contributed by atoms with Gasteiger partial charge in [-0.05, 0) is 17.5 Å². The molecule has 1 unspecified atom stereocenters. The van der Waals surface area contributed by atoms with Crippen molar-refractivity contribution in [1.29, 1.82) is 0 Å². The molecule has 14 heavy (non-hydrogen) atoms. The van der Waals surface area contributed by atoms with Gasteiger partial charge in [0.05, 0.1) is 5.92 Å². The summed E-state index contributed by atoms with van der Waals surface area (Å²) in [5.74, 6) is -0.125. The number of nitrogens with one attached hydrogen (secondary N) is 1. The van der Waals surface area contributed by atoms with Gasteiger partial charge >= 0.3 is 0 Å². The second-order valence-corrected chi connectivity index (χ2v) is 3.51. The average molecular weight is 190 g/mol. The molecule has 74 valence electrons. The number of rotatable bonds is 2. The van der Waals surface area contributed by atoms with Crippen molar-refractivity contribution in [2.24, 2.45) is 5.73 Å². The van der Waals surface area contributed by atoms with Crippen molar-refractivity contribution in [1.82, 2.24) is 0 Å². The highest BCUT2D eigenvalue weighted by Gasteiger charge is 2.30. The van der Waals surface area contributed by atoms with E-state index in [0.717, 1.165) is 17.7 Å². The molecule has 1 amide bonds. The van der Waals surface area contributed by atoms with E-state index in [4.69, 9.17) is 5.73 Å². The maximum atomic E-state index is 11.5. The second-order valence-electron chi connectivity index (χ2n) is 3.51. The largest absolute Gasteiger partial charge is 0.329 e. The first-order valence-corrected chi connectivity index (χ1v) is 4.90. The minimum atomic E-state index is -0.156. The minimum absolute atomic E-state index is 0.0309. The van der Waals surface area contributed by atoms with Gasteiger partial charge in [0.25, 0.3) is 0 Å². The number of hydrogen-bond donors (Lipinski definition) is 2. The van der Waals surface area contributed by atoms with Crippen LogP contribution in [0.4, 0.5) is 5.69 Å². The molecule has 0 spiro atoms. The van der Waals surface area contributed by atoms with Crippen LogP contribution in [0.2, 0.25) is 0 Å². The lowest BCUT2D eigenvalue weighted by atomic mass is 9.98. The van der Waals surface area contributed by atoms with Crippen LogP contribution >= 0.6 is 0 Å². The minimum Gasteiger partial charge on any atom is -0.329 e. The zero-order valence-electron chi connectivity index (χ0n) is 8.21. The highest BCUT2D eigenvalue weighted by molar-refractivity contribution is 6.03. The quantitative estimate of drug-likeness (QED) is 0.737.